The minimum absolute atomic E-state index is 0.139. The summed E-state index contributed by atoms with van der Waals surface area (Å²) in [5.74, 6) is 0.471. The Morgan fingerprint density at radius 1 is 1.43 bits per heavy atom. The van der Waals surface area contributed by atoms with Crippen LogP contribution >= 0.6 is 0 Å². The number of aryl methyl sites for hydroxylation is 3. The number of rotatable bonds is 6. The van der Waals surface area contributed by atoms with Gasteiger partial charge in [-0.05, 0) is 26.7 Å². The molecule has 0 unspecified atom stereocenters. The van der Waals surface area contributed by atoms with Crippen LogP contribution in [0.15, 0.2) is 12.4 Å². The highest BCUT2D eigenvalue weighted by molar-refractivity contribution is 5.11. The number of hydrogen-bond donors (Lipinski definition) is 1. The number of nitrogens with zero attached hydrogens (tertiary/aromatic N) is 5. The fraction of sp³-hybridized carbons (Fsp3) is 0.688. The van der Waals surface area contributed by atoms with E-state index >= 15 is 0 Å². The second-order valence-corrected chi connectivity index (χ2v) is 6.21. The molecular weight excluding hydrogens is 292 g/mol. The summed E-state index contributed by atoms with van der Waals surface area (Å²) < 4.78 is 9.82. The first kappa shape index (κ1) is 16.1. The number of ether oxygens (including phenoxy) is 1. The molecule has 0 radical (unpaired) electrons. The highest BCUT2D eigenvalue weighted by Crippen LogP contribution is 2.32. The van der Waals surface area contributed by atoms with Crippen LogP contribution in [-0.4, -0.2) is 37.9 Å². The first-order chi connectivity index (χ1) is 11.2. The van der Waals surface area contributed by atoms with E-state index in [1.165, 1.54) is 17.7 Å². The molecule has 2 atom stereocenters. The first-order valence-corrected chi connectivity index (χ1v) is 8.39. The van der Waals surface area contributed by atoms with Crippen LogP contribution < -0.4 is 5.32 Å². The number of aromatic nitrogens is 5. The predicted molar refractivity (Wildman–Crippen MR) is 86.8 cm³/mol. The molecule has 3 heterocycles. The summed E-state index contributed by atoms with van der Waals surface area (Å²) in [5.41, 5.74) is 3.35. The van der Waals surface area contributed by atoms with Gasteiger partial charge in [-0.25, -0.2) is 4.68 Å². The molecule has 1 aliphatic rings. The van der Waals surface area contributed by atoms with Crippen molar-refractivity contribution >= 4 is 0 Å². The summed E-state index contributed by atoms with van der Waals surface area (Å²) >= 11 is 0. The molecule has 0 saturated carbocycles. The molecule has 7 nitrogen and oxygen atoms in total. The normalized spacial score (nSPS) is 21.7. The van der Waals surface area contributed by atoms with E-state index in [0.717, 1.165) is 38.4 Å². The Hall–Kier alpha value is -1.73. The minimum atomic E-state index is 0.139. The summed E-state index contributed by atoms with van der Waals surface area (Å²) in [4.78, 5) is 0. The fourth-order valence-electron chi connectivity index (χ4n) is 3.28. The van der Waals surface area contributed by atoms with Gasteiger partial charge < -0.3 is 10.1 Å². The van der Waals surface area contributed by atoms with Crippen molar-refractivity contribution in [3.05, 3.63) is 29.3 Å². The standard InChI is InChI=1S/C16H26N6O/c1-4-22-15(12(2)19-20-22)10-17-8-13-6-5-7-23-16(13)14-9-18-21(3)11-14/h9,11,13,16-17H,4-8,10H2,1-3H3/t13-,16+/m0/s1. The van der Waals surface area contributed by atoms with Crippen LogP contribution in [0.25, 0.3) is 0 Å². The zero-order valence-electron chi connectivity index (χ0n) is 14.2. The maximum absolute atomic E-state index is 6.02. The lowest BCUT2D eigenvalue weighted by atomic mass is 9.91. The van der Waals surface area contributed by atoms with Gasteiger partial charge in [0.15, 0.2) is 0 Å². The number of hydrogen-bond acceptors (Lipinski definition) is 5. The molecule has 23 heavy (non-hydrogen) atoms. The van der Waals surface area contributed by atoms with Gasteiger partial charge in [-0.2, -0.15) is 5.10 Å². The van der Waals surface area contributed by atoms with E-state index in [0.29, 0.717) is 5.92 Å². The van der Waals surface area contributed by atoms with Crippen LogP contribution in [0.5, 0.6) is 0 Å². The SMILES string of the molecule is CCn1nnc(C)c1CNC[C@@H]1CCCO[C@H]1c1cnn(C)c1. The Kier molecular flexibility index (Phi) is 5.07. The van der Waals surface area contributed by atoms with Crippen molar-refractivity contribution in [2.75, 3.05) is 13.2 Å². The van der Waals surface area contributed by atoms with Gasteiger partial charge in [0.2, 0.25) is 0 Å². The lowest BCUT2D eigenvalue weighted by Gasteiger charge is -2.31. The number of nitrogens with one attached hydrogen (secondary N) is 1. The summed E-state index contributed by atoms with van der Waals surface area (Å²) in [6.45, 7) is 7.50. The molecule has 0 amide bonds. The highest BCUT2D eigenvalue weighted by Gasteiger charge is 2.28. The summed E-state index contributed by atoms with van der Waals surface area (Å²) in [7, 11) is 1.95. The third-order valence-corrected chi connectivity index (χ3v) is 4.53. The van der Waals surface area contributed by atoms with Gasteiger partial charge >= 0.3 is 0 Å². The zero-order chi connectivity index (χ0) is 16.2. The van der Waals surface area contributed by atoms with Gasteiger partial charge in [-0.1, -0.05) is 5.21 Å². The van der Waals surface area contributed by atoms with Crippen molar-refractivity contribution in [1.82, 2.24) is 30.1 Å². The Morgan fingerprint density at radius 3 is 3.04 bits per heavy atom. The monoisotopic (exact) mass is 318 g/mol. The Labute approximate surface area is 137 Å². The molecule has 3 rings (SSSR count). The van der Waals surface area contributed by atoms with E-state index in [1.807, 2.05) is 29.5 Å². The molecule has 0 bridgehead atoms. The highest BCUT2D eigenvalue weighted by atomic mass is 16.5. The minimum Gasteiger partial charge on any atom is -0.373 e. The lowest BCUT2D eigenvalue weighted by molar-refractivity contribution is -0.0279. The third-order valence-electron chi connectivity index (χ3n) is 4.53. The van der Waals surface area contributed by atoms with Crippen LogP contribution in [-0.2, 0) is 24.9 Å². The summed E-state index contributed by atoms with van der Waals surface area (Å²) in [6, 6.07) is 0. The molecule has 1 fully saturated rings. The largest absolute Gasteiger partial charge is 0.373 e. The van der Waals surface area contributed by atoms with Gasteiger partial charge in [0.25, 0.3) is 0 Å². The van der Waals surface area contributed by atoms with Crippen molar-refractivity contribution in [3.8, 4) is 0 Å². The maximum atomic E-state index is 6.02. The molecular formula is C16H26N6O. The van der Waals surface area contributed by atoms with Crippen LogP contribution in [0.1, 0.15) is 42.8 Å². The van der Waals surface area contributed by atoms with E-state index < -0.39 is 0 Å². The van der Waals surface area contributed by atoms with Gasteiger partial charge in [0, 0.05) is 51.0 Å². The van der Waals surface area contributed by atoms with Crippen molar-refractivity contribution in [1.29, 1.82) is 0 Å². The first-order valence-electron chi connectivity index (χ1n) is 8.39. The molecule has 2 aromatic heterocycles. The van der Waals surface area contributed by atoms with Gasteiger partial charge in [0.1, 0.15) is 0 Å². The van der Waals surface area contributed by atoms with Crippen molar-refractivity contribution in [2.45, 2.75) is 45.9 Å². The van der Waals surface area contributed by atoms with E-state index in [4.69, 9.17) is 4.74 Å². The second kappa shape index (κ2) is 7.23. The van der Waals surface area contributed by atoms with Gasteiger partial charge in [-0.15, -0.1) is 5.10 Å². The molecule has 1 aliphatic heterocycles. The van der Waals surface area contributed by atoms with Crippen molar-refractivity contribution in [3.63, 3.8) is 0 Å². The Bertz CT molecular complexity index is 634. The molecule has 126 valence electrons. The van der Waals surface area contributed by atoms with E-state index in [-0.39, 0.29) is 6.10 Å². The topological polar surface area (TPSA) is 69.8 Å². The van der Waals surface area contributed by atoms with Gasteiger partial charge in [0.05, 0.1) is 23.7 Å². The Balaban J connectivity index is 1.60. The van der Waals surface area contributed by atoms with Gasteiger partial charge in [-0.3, -0.25) is 4.68 Å². The fourth-order valence-corrected chi connectivity index (χ4v) is 3.28. The molecule has 0 aromatic carbocycles. The molecule has 1 N–H and O–H groups in total. The quantitative estimate of drug-likeness (QED) is 0.876. The second-order valence-electron chi connectivity index (χ2n) is 6.21. The third kappa shape index (κ3) is 3.61. The molecule has 0 spiro atoms. The predicted octanol–water partition coefficient (Wildman–Crippen LogP) is 1.60. The van der Waals surface area contributed by atoms with Crippen molar-refractivity contribution < 1.29 is 4.74 Å². The molecule has 7 heteroatoms. The van der Waals surface area contributed by atoms with E-state index in [2.05, 4.69) is 33.8 Å². The maximum Gasteiger partial charge on any atom is 0.0895 e. The van der Waals surface area contributed by atoms with Crippen LogP contribution in [0.3, 0.4) is 0 Å². The van der Waals surface area contributed by atoms with E-state index in [9.17, 15) is 0 Å². The molecule has 1 saturated heterocycles. The Morgan fingerprint density at radius 2 is 2.30 bits per heavy atom. The van der Waals surface area contributed by atoms with Crippen LogP contribution in [0.2, 0.25) is 0 Å². The smallest absolute Gasteiger partial charge is 0.0895 e. The van der Waals surface area contributed by atoms with Crippen molar-refractivity contribution in [2.24, 2.45) is 13.0 Å². The summed E-state index contributed by atoms with van der Waals surface area (Å²) in [6.07, 6.45) is 6.42. The molecule has 2 aromatic rings. The zero-order valence-corrected chi connectivity index (χ0v) is 14.2. The lowest BCUT2D eigenvalue weighted by Crippen LogP contribution is -2.32. The average molecular weight is 318 g/mol. The van der Waals surface area contributed by atoms with Crippen LogP contribution in [0.4, 0.5) is 0 Å². The van der Waals surface area contributed by atoms with E-state index in [1.54, 1.807) is 0 Å². The van der Waals surface area contributed by atoms with Crippen LogP contribution in [0, 0.1) is 12.8 Å². The average Bonchev–Trinajstić information content (AvgIpc) is 3.14. The molecule has 0 aliphatic carbocycles. The summed E-state index contributed by atoms with van der Waals surface area (Å²) in [5, 5.41) is 16.2.